The summed E-state index contributed by atoms with van der Waals surface area (Å²) >= 11 is 0. The number of hydrogen-bond acceptors (Lipinski definition) is 2. The molecular formula is C8H17F3N2. The average molecular weight is 198 g/mol. The summed E-state index contributed by atoms with van der Waals surface area (Å²) in [5.41, 5.74) is 2.43. The van der Waals surface area contributed by atoms with Crippen LogP contribution >= 0.6 is 0 Å². The van der Waals surface area contributed by atoms with E-state index in [2.05, 4.69) is 5.43 Å². The van der Waals surface area contributed by atoms with Gasteiger partial charge in [0, 0.05) is 12.5 Å². The van der Waals surface area contributed by atoms with Gasteiger partial charge in [-0.1, -0.05) is 20.3 Å². The zero-order valence-corrected chi connectivity index (χ0v) is 7.99. The van der Waals surface area contributed by atoms with Crippen molar-refractivity contribution in [2.24, 2.45) is 11.8 Å². The first-order valence-electron chi connectivity index (χ1n) is 4.43. The maximum atomic E-state index is 11.9. The third-order valence-electron chi connectivity index (χ3n) is 2.28. The number of nitrogens with one attached hydrogen (secondary N) is 1. The van der Waals surface area contributed by atoms with E-state index in [1.807, 2.05) is 13.8 Å². The first-order valence-corrected chi connectivity index (χ1v) is 4.43. The number of alkyl halides is 3. The van der Waals surface area contributed by atoms with Gasteiger partial charge in [0.2, 0.25) is 0 Å². The summed E-state index contributed by atoms with van der Waals surface area (Å²) in [7, 11) is 0. The summed E-state index contributed by atoms with van der Waals surface area (Å²) in [5, 5.41) is 0. The van der Waals surface area contributed by atoms with Crippen LogP contribution in [0.15, 0.2) is 0 Å². The maximum Gasteiger partial charge on any atom is 0.389 e. The zero-order valence-electron chi connectivity index (χ0n) is 7.99. The normalized spacial score (nSPS) is 17.1. The molecule has 2 nitrogen and oxygen atoms in total. The summed E-state index contributed by atoms with van der Waals surface area (Å²) in [6, 6.07) is -0.244. The lowest BCUT2D eigenvalue weighted by Crippen LogP contribution is -2.40. The van der Waals surface area contributed by atoms with Crippen molar-refractivity contribution in [3.8, 4) is 0 Å². The molecule has 0 aromatic rings. The predicted molar refractivity (Wildman–Crippen MR) is 45.9 cm³/mol. The molecular weight excluding hydrogens is 181 g/mol. The Hall–Kier alpha value is -0.290. The molecule has 0 amide bonds. The molecule has 2 unspecified atom stereocenters. The molecule has 2 atom stereocenters. The second-order valence-electron chi connectivity index (χ2n) is 3.31. The number of hydrogen-bond donors (Lipinski definition) is 2. The summed E-state index contributed by atoms with van der Waals surface area (Å²) in [4.78, 5) is 0. The van der Waals surface area contributed by atoms with Crippen LogP contribution in [0.5, 0.6) is 0 Å². The fourth-order valence-electron chi connectivity index (χ4n) is 1.14. The Morgan fingerprint density at radius 3 is 2.23 bits per heavy atom. The lowest BCUT2D eigenvalue weighted by atomic mass is 9.95. The second-order valence-corrected chi connectivity index (χ2v) is 3.31. The molecule has 0 spiro atoms. The Morgan fingerprint density at radius 2 is 1.92 bits per heavy atom. The van der Waals surface area contributed by atoms with E-state index in [-0.39, 0.29) is 18.4 Å². The van der Waals surface area contributed by atoms with Gasteiger partial charge >= 0.3 is 6.18 Å². The van der Waals surface area contributed by atoms with Crippen LogP contribution in [0.1, 0.15) is 33.1 Å². The molecule has 5 heteroatoms. The molecule has 0 heterocycles. The van der Waals surface area contributed by atoms with Crippen LogP contribution in [0.25, 0.3) is 0 Å². The Labute approximate surface area is 76.7 Å². The quantitative estimate of drug-likeness (QED) is 0.525. The van der Waals surface area contributed by atoms with E-state index in [0.717, 1.165) is 6.42 Å². The summed E-state index contributed by atoms with van der Waals surface area (Å²) in [5.74, 6) is 5.33. The highest BCUT2D eigenvalue weighted by Gasteiger charge is 2.29. The standard InChI is InChI=1S/C8H17F3N2/c1-3-6(2)7(13-12)4-5-8(9,10)11/h6-7,13H,3-5,12H2,1-2H3. The average Bonchev–Trinajstić information content (AvgIpc) is 2.03. The van der Waals surface area contributed by atoms with Crippen LogP contribution < -0.4 is 11.3 Å². The van der Waals surface area contributed by atoms with Gasteiger partial charge in [0.15, 0.2) is 0 Å². The van der Waals surface area contributed by atoms with E-state index in [4.69, 9.17) is 5.84 Å². The van der Waals surface area contributed by atoms with Crippen LogP contribution in [0.3, 0.4) is 0 Å². The Balaban J connectivity index is 3.85. The Morgan fingerprint density at radius 1 is 1.38 bits per heavy atom. The molecule has 13 heavy (non-hydrogen) atoms. The highest BCUT2D eigenvalue weighted by molar-refractivity contribution is 4.71. The largest absolute Gasteiger partial charge is 0.389 e. The molecule has 0 rings (SSSR count). The second kappa shape index (κ2) is 5.44. The third-order valence-corrected chi connectivity index (χ3v) is 2.28. The highest BCUT2D eigenvalue weighted by atomic mass is 19.4. The minimum absolute atomic E-state index is 0.0506. The van der Waals surface area contributed by atoms with Crippen LogP contribution in [-0.2, 0) is 0 Å². The van der Waals surface area contributed by atoms with Gasteiger partial charge in [-0.15, -0.1) is 0 Å². The van der Waals surface area contributed by atoms with Gasteiger partial charge in [-0.05, 0) is 12.3 Å². The van der Waals surface area contributed by atoms with Gasteiger partial charge in [-0.2, -0.15) is 13.2 Å². The van der Waals surface area contributed by atoms with Crippen LogP contribution in [0.4, 0.5) is 13.2 Å². The van der Waals surface area contributed by atoms with Gasteiger partial charge in [0.25, 0.3) is 0 Å². The number of hydrazine groups is 1. The van der Waals surface area contributed by atoms with E-state index < -0.39 is 12.6 Å². The van der Waals surface area contributed by atoms with Crippen molar-refractivity contribution in [2.45, 2.75) is 45.3 Å². The van der Waals surface area contributed by atoms with Crippen molar-refractivity contribution in [1.29, 1.82) is 0 Å². The van der Waals surface area contributed by atoms with Gasteiger partial charge in [0.05, 0.1) is 0 Å². The van der Waals surface area contributed by atoms with Gasteiger partial charge in [-0.25, -0.2) is 0 Å². The van der Waals surface area contributed by atoms with E-state index in [1.165, 1.54) is 0 Å². The molecule has 0 aromatic heterocycles. The first kappa shape index (κ1) is 12.7. The van der Waals surface area contributed by atoms with Gasteiger partial charge < -0.3 is 0 Å². The van der Waals surface area contributed by atoms with Crippen molar-refractivity contribution >= 4 is 0 Å². The lowest BCUT2D eigenvalue weighted by molar-refractivity contribution is -0.137. The highest BCUT2D eigenvalue weighted by Crippen LogP contribution is 2.24. The molecule has 0 aliphatic rings. The van der Waals surface area contributed by atoms with Gasteiger partial charge in [0.1, 0.15) is 0 Å². The molecule has 0 radical (unpaired) electrons. The summed E-state index contributed by atoms with van der Waals surface area (Å²) in [6.45, 7) is 3.82. The van der Waals surface area contributed by atoms with Crippen LogP contribution in [0, 0.1) is 5.92 Å². The van der Waals surface area contributed by atoms with Crippen molar-refractivity contribution < 1.29 is 13.2 Å². The zero-order chi connectivity index (χ0) is 10.5. The van der Waals surface area contributed by atoms with Crippen LogP contribution in [-0.4, -0.2) is 12.2 Å². The molecule has 0 bridgehead atoms. The summed E-state index contributed by atoms with van der Waals surface area (Å²) in [6.07, 6.45) is -3.98. The molecule has 0 fully saturated rings. The first-order chi connectivity index (χ1) is 5.90. The fraction of sp³-hybridized carbons (Fsp3) is 1.00. The Bertz CT molecular complexity index is 136. The van der Waals surface area contributed by atoms with E-state index >= 15 is 0 Å². The molecule has 80 valence electrons. The molecule has 0 saturated carbocycles. The lowest BCUT2D eigenvalue weighted by Gasteiger charge is -2.22. The van der Waals surface area contributed by atoms with Crippen molar-refractivity contribution in [2.75, 3.05) is 0 Å². The van der Waals surface area contributed by atoms with Gasteiger partial charge in [-0.3, -0.25) is 11.3 Å². The van der Waals surface area contributed by atoms with Crippen LogP contribution in [0.2, 0.25) is 0 Å². The summed E-state index contributed by atoms with van der Waals surface area (Å²) < 4.78 is 35.6. The van der Waals surface area contributed by atoms with E-state index in [0.29, 0.717) is 0 Å². The molecule has 0 aromatic carbocycles. The third kappa shape index (κ3) is 5.87. The maximum absolute atomic E-state index is 11.9. The Kier molecular flexibility index (Phi) is 5.32. The number of nitrogens with two attached hydrogens (primary N) is 1. The number of rotatable bonds is 5. The monoisotopic (exact) mass is 198 g/mol. The van der Waals surface area contributed by atoms with Crippen molar-refractivity contribution in [3.05, 3.63) is 0 Å². The van der Waals surface area contributed by atoms with Crippen molar-refractivity contribution in [3.63, 3.8) is 0 Å². The topological polar surface area (TPSA) is 38.0 Å². The minimum atomic E-state index is -4.08. The molecule has 0 aliphatic carbocycles. The predicted octanol–water partition coefficient (Wildman–Crippen LogP) is 2.21. The molecule has 0 saturated heterocycles. The fourth-order valence-corrected chi connectivity index (χ4v) is 1.14. The minimum Gasteiger partial charge on any atom is -0.271 e. The number of halogens is 3. The van der Waals surface area contributed by atoms with Crippen molar-refractivity contribution in [1.82, 2.24) is 5.43 Å². The molecule has 3 N–H and O–H groups in total. The van der Waals surface area contributed by atoms with E-state index in [1.54, 1.807) is 0 Å². The SMILES string of the molecule is CCC(C)C(CCC(F)(F)F)NN. The van der Waals surface area contributed by atoms with E-state index in [9.17, 15) is 13.2 Å². The smallest absolute Gasteiger partial charge is 0.271 e. The molecule has 0 aliphatic heterocycles.